The average Bonchev–Trinajstić information content (AvgIpc) is 3.41. The molecule has 2 rings (SSSR count). The number of benzene rings is 1. The third-order valence-electron chi connectivity index (χ3n) is 2.88. The molecule has 1 aliphatic rings. The summed E-state index contributed by atoms with van der Waals surface area (Å²) in [7, 11) is 0. The van der Waals surface area contributed by atoms with Gasteiger partial charge in [0.15, 0.2) is 5.60 Å². The van der Waals surface area contributed by atoms with E-state index >= 15 is 0 Å². The maximum absolute atomic E-state index is 12.0. The van der Waals surface area contributed by atoms with Crippen molar-refractivity contribution >= 4 is 17.6 Å². The van der Waals surface area contributed by atoms with Crippen LogP contribution >= 0.6 is 11.6 Å². The van der Waals surface area contributed by atoms with Crippen LogP contribution in [0.1, 0.15) is 49.8 Å². The summed E-state index contributed by atoms with van der Waals surface area (Å²) in [6.07, 6.45) is -13.4. The van der Waals surface area contributed by atoms with Crippen molar-refractivity contribution in [2.75, 3.05) is 19.8 Å². The number of rotatable bonds is 10. The Morgan fingerprint density at radius 3 is 2.64 bits per heavy atom. The number of hydrogen-bond acceptors (Lipinski definition) is 4. The number of carbonyl (C=O) groups is 1. The molecule has 0 spiro atoms. The topological polar surface area (TPSA) is 48.1 Å². The molecule has 1 heterocycles. The highest BCUT2D eigenvalue weighted by Gasteiger charge is 2.52. The fourth-order valence-corrected chi connectivity index (χ4v) is 1.73. The molecule has 1 fully saturated rings. The van der Waals surface area contributed by atoms with Gasteiger partial charge in [0.25, 0.3) is 0 Å². The molecule has 1 saturated heterocycles. The van der Waals surface area contributed by atoms with Crippen LogP contribution < -0.4 is 4.74 Å². The van der Waals surface area contributed by atoms with Crippen molar-refractivity contribution in [2.24, 2.45) is 0 Å². The van der Waals surface area contributed by atoms with E-state index in [0.717, 1.165) is 0 Å². The van der Waals surface area contributed by atoms with Crippen LogP contribution in [0.5, 0.6) is 5.75 Å². The molecule has 0 bridgehead atoms. The van der Waals surface area contributed by atoms with Crippen molar-refractivity contribution in [1.29, 1.82) is 0 Å². The molecule has 1 aliphatic heterocycles. The van der Waals surface area contributed by atoms with E-state index in [1.165, 1.54) is 24.3 Å². The van der Waals surface area contributed by atoms with Gasteiger partial charge in [-0.25, -0.2) is 4.79 Å². The predicted octanol–water partition coefficient (Wildman–Crippen LogP) is 4.00. The largest absolute Gasteiger partial charge is 0.494 e. The van der Waals surface area contributed by atoms with E-state index in [4.69, 9.17) is 36.8 Å². The van der Waals surface area contributed by atoms with E-state index in [-0.39, 0.29) is 19.0 Å². The van der Waals surface area contributed by atoms with Crippen molar-refractivity contribution in [3.8, 4) is 5.75 Å². The molecule has 0 aliphatic carbocycles. The van der Waals surface area contributed by atoms with E-state index in [1.807, 2.05) is 0 Å². The number of halogens is 1. The van der Waals surface area contributed by atoms with Gasteiger partial charge >= 0.3 is 5.97 Å². The molecule has 0 N–H and O–H groups in total. The molecule has 1 atom stereocenters. The summed E-state index contributed by atoms with van der Waals surface area (Å²) in [4.78, 5) is 12.0. The highest BCUT2D eigenvalue weighted by molar-refractivity contribution is 6.30. The number of epoxide rings is 1. The second-order valence-electron chi connectivity index (χ2n) is 4.53. The maximum atomic E-state index is 12.0. The quantitative estimate of drug-likeness (QED) is 0.479. The van der Waals surface area contributed by atoms with Crippen LogP contribution in [0.2, 0.25) is 5.02 Å². The highest BCUT2D eigenvalue weighted by Crippen LogP contribution is 2.34. The normalized spacial score (nSPS) is 27.7. The summed E-state index contributed by atoms with van der Waals surface area (Å²) in [6.45, 7) is 0.509. The number of carbonyl (C=O) groups excluding carboxylic acids is 1. The average molecular weight is 335 g/mol. The van der Waals surface area contributed by atoms with Crippen LogP contribution in [0, 0.1) is 0 Å². The lowest BCUT2D eigenvalue weighted by molar-refractivity contribution is -0.149. The standard InChI is InChI=1S/C17H23ClO4/c1-2-20-16(19)17(13-22-17)11-5-3-4-6-12-21-15-9-7-14(18)8-10-15/h7-10H,2-6,11-13H2,1H3/t17-/m1/s1/i3D2,4D2,5D2,6D2. The molecule has 5 heteroatoms. The number of esters is 1. The van der Waals surface area contributed by atoms with Gasteiger partial charge in [0, 0.05) is 16.0 Å². The molecule has 0 radical (unpaired) electrons. The molecule has 0 aromatic heterocycles. The summed E-state index contributed by atoms with van der Waals surface area (Å²) < 4.78 is 80.0. The highest BCUT2D eigenvalue weighted by atomic mass is 35.5. The molecule has 1 aromatic rings. The maximum Gasteiger partial charge on any atom is 0.340 e. The summed E-state index contributed by atoms with van der Waals surface area (Å²) >= 11 is 5.76. The molecule has 122 valence electrons. The first kappa shape index (κ1) is 9.14. The zero-order valence-corrected chi connectivity index (χ0v) is 12.9. The third-order valence-corrected chi connectivity index (χ3v) is 3.13. The molecule has 1 aromatic carbocycles. The second-order valence-corrected chi connectivity index (χ2v) is 4.96. The van der Waals surface area contributed by atoms with Crippen LogP contribution in [-0.2, 0) is 14.3 Å². The zero-order valence-electron chi connectivity index (χ0n) is 20.1. The molecule has 0 saturated carbocycles. The van der Waals surface area contributed by atoms with Gasteiger partial charge in [-0.15, -0.1) is 0 Å². The van der Waals surface area contributed by atoms with Gasteiger partial charge in [-0.1, -0.05) is 24.3 Å². The Kier molecular flexibility index (Phi) is 3.49. The van der Waals surface area contributed by atoms with Crippen LogP contribution in [0.4, 0.5) is 0 Å². The molecule has 4 nitrogen and oxygen atoms in total. The van der Waals surface area contributed by atoms with Gasteiger partial charge in [-0.2, -0.15) is 0 Å². The SMILES string of the molecule is [2H]C([2H])(COc1ccc(Cl)cc1)C([2H])([2H])C([2H])([2H])C([2H])([2H])C[C@]1(C(=O)OCC)CO1. The van der Waals surface area contributed by atoms with E-state index in [2.05, 4.69) is 0 Å². The Morgan fingerprint density at radius 1 is 1.32 bits per heavy atom. The molecule has 0 unspecified atom stereocenters. The summed E-state index contributed by atoms with van der Waals surface area (Å²) in [6, 6.07) is 5.86. The lowest BCUT2D eigenvalue weighted by Crippen LogP contribution is -2.27. The molecule has 22 heavy (non-hydrogen) atoms. The lowest BCUT2D eigenvalue weighted by Gasteiger charge is -2.10. The summed E-state index contributed by atoms with van der Waals surface area (Å²) in [5.74, 6) is -0.672. The first-order valence-electron chi connectivity index (χ1n) is 10.8. The Hall–Kier alpha value is -1.26. The van der Waals surface area contributed by atoms with E-state index < -0.39 is 50.1 Å². The Labute approximate surface area is 147 Å². The zero-order chi connectivity index (χ0) is 23.0. The minimum absolute atomic E-state index is 0.0191. The smallest absolute Gasteiger partial charge is 0.340 e. The van der Waals surface area contributed by atoms with Gasteiger partial charge in [-0.3, -0.25) is 0 Å². The number of hydrogen-bond donors (Lipinski definition) is 0. The fourth-order valence-electron chi connectivity index (χ4n) is 1.60. The minimum atomic E-state index is -3.35. The van der Waals surface area contributed by atoms with Crippen molar-refractivity contribution in [2.45, 2.75) is 44.4 Å². The van der Waals surface area contributed by atoms with Crippen LogP contribution in [0.15, 0.2) is 24.3 Å². The fraction of sp³-hybridized carbons (Fsp3) is 0.588. The first-order chi connectivity index (χ1) is 13.6. The van der Waals surface area contributed by atoms with Crippen LogP contribution in [0.3, 0.4) is 0 Å². The second kappa shape index (κ2) is 8.39. The van der Waals surface area contributed by atoms with Crippen molar-refractivity contribution in [3.05, 3.63) is 29.3 Å². The lowest BCUT2D eigenvalue weighted by atomic mass is 10.0. The van der Waals surface area contributed by atoms with Gasteiger partial charge in [0.05, 0.1) is 19.8 Å². The van der Waals surface area contributed by atoms with Gasteiger partial charge in [0.1, 0.15) is 5.75 Å². The Morgan fingerprint density at radius 2 is 2.00 bits per heavy atom. The minimum Gasteiger partial charge on any atom is -0.494 e. The first-order valence-corrected chi connectivity index (χ1v) is 7.19. The van der Waals surface area contributed by atoms with Crippen molar-refractivity contribution in [3.63, 3.8) is 0 Å². The van der Waals surface area contributed by atoms with Gasteiger partial charge in [-0.05, 0) is 50.4 Å². The van der Waals surface area contributed by atoms with Crippen molar-refractivity contribution < 1.29 is 30.0 Å². The summed E-state index contributed by atoms with van der Waals surface area (Å²) in [5, 5.41) is 0.419. The Balaban J connectivity index is 2.19. The number of ether oxygens (including phenoxy) is 3. The van der Waals surface area contributed by atoms with Crippen molar-refractivity contribution in [1.82, 2.24) is 0 Å². The van der Waals surface area contributed by atoms with E-state index in [1.54, 1.807) is 6.92 Å². The third kappa shape index (κ3) is 5.18. The summed E-state index contributed by atoms with van der Waals surface area (Å²) in [5.41, 5.74) is -1.70. The molecular weight excluding hydrogens is 304 g/mol. The van der Waals surface area contributed by atoms with Crippen LogP contribution in [-0.4, -0.2) is 31.4 Å². The van der Waals surface area contributed by atoms with Crippen LogP contribution in [0.25, 0.3) is 0 Å². The van der Waals surface area contributed by atoms with E-state index in [0.29, 0.717) is 5.02 Å². The molecular formula is C17H23ClO4. The van der Waals surface area contributed by atoms with Gasteiger partial charge in [0.2, 0.25) is 0 Å². The van der Waals surface area contributed by atoms with Gasteiger partial charge < -0.3 is 14.2 Å². The molecule has 0 amide bonds. The van der Waals surface area contributed by atoms with E-state index in [9.17, 15) is 4.79 Å². The monoisotopic (exact) mass is 334 g/mol. The Bertz CT molecular complexity index is 766. The predicted molar refractivity (Wildman–Crippen MR) is 85.3 cm³/mol.